The number of methoxy groups -OCH3 is 1. The largest absolute Gasteiger partial charge is 0.495 e. The Labute approximate surface area is 145 Å². The number of benzene rings is 1. The van der Waals surface area contributed by atoms with Crippen LogP contribution < -0.4 is 13.8 Å². The van der Waals surface area contributed by atoms with E-state index < -0.39 is 20.0 Å². The molecule has 1 N–H and O–H groups in total. The van der Waals surface area contributed by atoms with Gasteiger partial charge in [0, 0.05) is 13.1 Å². The van der Waals surface area contributed by atoms with Crippen molar-refractivity contribution in [3.8, 4) is 5.75 Å². The van der Waals surface area contributed by atoms with Crippen LogP contribution in [0.3, 0.4) is 0 Å². The van der Waals surface area contributed by atoms with Crippen LogP contribution in [-0.2, 0) is 20.0 Å². The zero-order valence-corrected chi connectivity index (χ0v) is 16.2. The lowest BCUT2D eigenvalue weighted by molar-refractivity contribution is 0.415. The first-order chi connectivity index (χ1) is 11.1. The van der Waals surface area contributed by atoms with Crippen molar-refractivity contribution in [1.82, 2.24) is 4.72 Å². The van der Waals surface area contributed by atoms with Gasteiger partial charge in [-0.1, -0.05) is 19.4 Å². The van der Waals surface area contributed by atoms with E-state index in [1.807, 2.05) is 19.9 Å². The summed E-state index contributed by atoms with van der Waals surface area (Å²) in [6.45, 7) is 3.74. The van der Waals surface area contributed by atoms with Gasteiger partial charge in [-0.05, 0) is 31.0 Å². The first-order valence-corrected chi connectivity index (χ1v) is 11.2. The van der Waals surface area contributed by atoms with E-state index in [4.69, 9.17) is 4.74 Å². The third-order valence-electron chi connectivity index (χ3n) is 3.41. The van der Waals surface area contributed by atoms with Gasteiger partial charge in [0.1, 0.15) is 5.75 Å². The molecule has 0 aromatic heterocycles. The first-order valence-electron chi connectivity index (χ1n) is 7.70. The van der Waals surface area contributed by atoms with Crippen LogP contribution in [-0.4, -0.2) is 49.0 Å². The smallest absolute Gasteiger partial charge is 0.232 e. The SMILES string of the molecule is CCCCS(=O)(=O)NCCN(c1cc(C)ccc1OC)S(C)(=O)=O. The Morgan fingerprint density at radius 3 is 2.42 bits per heavy atom. The van der Waals surface area contributed by atoms with Crippen molar-refractivity contribution in [2.24, 2.45) is 0 Å². The highest BCUT2D eigenvalue weighted by Gasteiger charge is 2.22. The molecular weight excluding hydrogens is 352 g/mol. The number of aryl methyl sites for hydroxylation is 1. The van der Waals surface area contributed by atoms with Gasteiger partial charge in [-0.2, -0.15) is 0 Å². The summed E-state index contributed by atoms with van der Waals surface area (Å²) in [6.07, 6.45) is 2.42. The highest BCUT2D eigenvalue weighted by molar-refractivity contribution is 7.92. The van der Waals surface area contributed by atoms with E-state index in [0.717, 1.165) is 22.5 Å². The van der Waals surface area contributed by atoms with Gasteiger partial charge in [0.25, 0.3) is 0 Å². The predicted octanol–water partition coefficient (Wildman–Crippen LogP) is 1.49. The fourth-order valence-electron chi connectivity index (χ4n) is 2.17. The van der Waals surface area contributed by atoms with E-state index in [0.29, 0.717) is 17.9 Å². The van der Waals surface area contributed by atoms with Gasteiger partial charge in [0.05, 0.1) is 24.8 Å². The van der Waals surface area contributed by atoms with Crippen molar-refractivity contribution in [2.75, 3.05) is 36.5 Å². The summed E-state index contributed by atoms with van der Waals surface area (Å²) in [7, 11) is -5.52. The molecule has 0 bridgehead atoms. The van der Waals surface area contributed by atoms with Gasteiger partial charge < -0.3 is 4.74 Å². The molecule has 0 radical (unpaired) electrons. The molecule has 0 unspecified atom stereocenters. The Morgan fingerprint density at radius 1 is 1.21 bits per heavy atom. The van der Waals surface area contributed by atoms with E-state index in [1.54, 1.807) is 12.1 Å². The van der Waals surface area contributed by atoms with Crippen LogP contribution >= 0.6 is 0 Å². The molecular formula is C15H26N2O5S2. The van der Waals surface area contributed by atoms with Crippen LogP contribution in [0.15, 0.2) is 18.2 Å². The summed E-state index contributed by atoms with van der Waals surface area (Å²) in [4.78, 5) is 0. The average Bonchev–Trinajstić information content (AvgIpc) is 2.48. The lowest BCUT2D eigenvalue weighted by Gasteiger charge is -2.24. The third kappa shape index (κ3) is 6.29. The molecule has 24 heavy (non-hydrogen) atoms. The van der Waals surface area contributed by atoms with Crippen LogP contribution in [0.1, 0.15) is 25.3 Å². The second-order valence-electron chi connectivity index (χ2n) is 5.58. The molecule has 0 atom stereocenters. The quantitative estimate of drug-likeness (QED) is 0.666. The lowest BCUT2D eigenvalue weighted by Crippen LogP contribution is -2.39. The number of rotatable bonds is 10. The molecule has 0 amide bonds. The second-order valence-corrected chi connectivity index (χ2v) is 9.41. The topological polar surface area (TPSA) is 92.8 Å². The summed E-state index contributed by atoms with van der Waals surface area (Å²) in [5, 5.41) is 0. The van der Waals surface area contributed by atoms with Crippen molar-refractivity contribution >= 4 is 25.7 Å². The fraction of sp³-hybridized carbons (Fsp3) is 0.600. The zero-order valence-electron chi connectivity index (χ0n) is 14.6. The second kappa shape index (κ2) is 8.68. The highest BCUT2D eigenvalue weighted by Crippen LogP contribution is 2.30. The summed E-state index contributed by atoms with van der Waals surface area (Å²) in [6, 6.07) is 5.20. The highest BCUT2D eigenvalue weighted by atomic mass is 32.2. The number of hydrogen-bond acceptors (Lipinski definition) is 5. The number of ether oxygens (including phenoxy) is 1. The van der Waals surface area contributed by atoms with E-state index in [9.17, 15) is 16.8 Å². The predicted molar refractivity (Wildman–Crippen MR) is 96.6 cm³/mol. The fourth-order valence-corrected chi connectivity index (χ4v) is 4.31. The van der Waals surface area contributed by atoms with Gasteiger partial charge >= 0.3 is 0 Å². The first kappa shape index (κ1) is 20.7. The minimum Gasteiger partial charge on any atom is -0.495 e. The average molecular weight is 379 g/mol. The van der Waals surface area contributed by atoms with E-state index >= 15 is 0 Å². The maximum Gasteiger partial charge on any atom is 0.232 e. The molecule has 0 aliphatic heterocycles. The molecule has 9 heteroatoms. The van der Waals surface area contributed by atoms with Gasteiger partial charge in [-0.25, -0.2) is 21.6 Å². The van der Waals surface area contributed by atoms with Crippen LogP contribution in [0, 0.1) is 6.92 Å². The van der Waals surface area contributed by atoms with Crippen molar-refractivity contribution in [3.05, 3.63) is 23.8 Å². The van der Waals surface area contributed by atoms with Crippen LogP contribution in [0.25, 0.3) is 0 Å². The number of hydrogen-bond donors (Lipinski definition) is 1. The molecule has 0 spiro atoms. The standard InChI is InChI=1S/C15H26N2O5S2/c1-5-6-11-24(20,21)16-9-10-17(23(4,18)19)14-12-13(2)7-8-15(14)22-3/h7-8,12,16H,5-6,9-11H2,1-4H3. The van der Waals surface area contributed by atoms with E-state index in [2.05, 4.69) is 4.72 Å². The van der Waals surface area contributed by atoms with Crippen LogP contribution in [0.5, 0.6) is 5.75 Å². The number of unbranched alkanes of at least 4 members (excludes halogenated alkanes) is 1. The molecule has 0 fully saturated rings. The van der Waals surface area contributed by atoms with Crippen molar-refractivity contribution < 1.29 is 21.6 Å². The molecule has 0 saturated carbocycles. The minimum absolute atomic E-state index is 0.00376. The van der Waals surface area contributed by atoms with E-state index in [-0.39, 0.29) is 18.8 Å². The number of nitrogens with zero attached hydrogens (tertiary/aromatic N) is 1. The van der Waals surface area contributed by atoms with Gasteiger partial charge in [-0.3, -0.25) is 4.31 Å². The monoisotopic (exact) mass is 378 g/mol. The Balaban J connectivity index is 2.96. The number of sulfonamides is 2. The normalized spacial score (nSPS) is 12.2. The third-order valence-corrected chi connectivity index (χ3v) is 6.06. The van der Waals surface area contributed by atoms with Gasteiger partial charge in [0.15, 0.2) is 0 Å². The molecule has 138 valence electrons. The van der Waals surface area contributed by atoms with Crippen molar-refractivity contribution in [2.45, 2.75) is 26.7 Å². The van der Waals surface area contributed by atoms with Gasteiger partial charge in [0.2, 0.25) is 20.0 Å². The Bertz CT molecular complexity index is 745. The number of anilines is 1. The molecule has 1 rings (SSSR count). The van der Waals surface area contributed by atoms with Crippen LogP contribution in [0.2, 0.25) is 0 Å². The maximum atomic E-state index is 12.1. The molecule has 1 aromatic rings. The molecule has 7 nitrogen and oxygen atoms in total. The Hall–Kier alpha value is -1.32. The zero-order chi connectivity index (χ0) is 18.4. The molecule has 0 saturated heterocycles. The molecule has 0 aliphatic rings. The van der Waals surface area contributed by atoms with Crippen LogP contribution in [0.4, 0.5) is 5.69 Å². The summed E-state index contributed by atoms with van der Waals surface area (Å²) < 4.78 is 56.8. The van der Waals surface area contributed by atoms with E-state index in [1.165, 1.54) is 7.11 Å². The summed E-state index contributed by atoms with van der Waals surface area (Å²) in [5.74, 6) is 0.454. The van der Waals surface area contributed by atoms with Crippen molar-refractivity contribution in [3.63, 3.8) is 0 Å². The Kier molecular flexibility index (Phi) is 7.50. The van der Waals surface area contributed by atoms with Gasteiger partial charge in [-0.15, -0.1) is 0 Å². The van der Waals surface area contributed by atoms with Crippen molar-refractivity contribution in [1.29, 1.82) is 0 Å². The number of nitrogens with one attached hydrogen (secondary N) is 1. The molecule has 0 aliphatic carbocycles. The maximum absolute atomic E-state index is 12.1. The lowest BCUT2D eigenvalue weighted by atomic mass is 10.2. The summed E-state index contributed by atoms with van der Waals surface area (Å²) in [5.41, 5.74) is 1.27. The molecule has 0 heterocycles. The Morgan fingerprint density at radius 2 is 1.88 bits per heavy atom. The summed E-state index contributed by atoms with van der Waals surface area (Å²) >= 11 is 0. The minimum atomic E-state index is -3.58. The molecule has 1 aromatic carbocycles.